The van der Waals surface area contributed by atoms with E-state index in [9.17, 15) is 8.78 Å². The number of hydrogen-bond acceptors (Lipinski definition) is 5. The summed E-state index contributed by atoms with van der Waals surface area (Å²) in [5, 5.41) is 13.9. The fourth-order valence-electron chi connectivity index (χ4n) is 2.26. The van der Waals surface area contributed by atoms with Crippen molar-refractivity contribution in [1.82, 2.24) is 15.2 Å². The van der Waals surface area contributed by atoms with Crippen molar-refractivity contribution >= 4 is 11.8 Å². The highest BCUT2D eigenvalue weighted by Crippen LogP contribution is 2.10. The van der Waals surface area contributed by atoms with Gasteiger partial charge in [-0.3, -0.25) is 0 Å². The lowest BCUT2D eigenvalue weighted by Gasteiger charge is -2.08. The molecule has 0 unspecified atom stereocenters. The lowest BCUT2D eigenvalue weighted by molar-refractivity contribution is 0.613. The van der Waals surface area contributed by atoms with Gasteiger partial charge in [-0.05, 0) is 30.2 Å². The van der Waals surface area contributed by atoms with E-state index in [0.29, 0.717) is 36.8 Å². The summed E-state index contributed by atoms with van der Waals surface area (Å²) >= 11 is 0. The third-order valence-electron chi connectivity index (χ3n) is 3.59. The highest BCUT2D eigenvalue weighted by atomic mass is 19.1. The SMILES string of the molecule is Fc1ccc(CCNc2nncc(NCc3ccccc3F)n2)cc1. The second-order valence-corrected chi connectivity index (χ2v) is 5.41. The number of nitrogens with one attached hydrogen (secondary N) is 2. The number of nitrogens with zero attached hydrogens (tertiary/aromatic N) is 3. The Kier molecular flexibility index (Phi) is 5.46. The van der Waals surface area contributed by atoms with Gasteiger partial charge in [-0.2, -0.15) is 10.1 Å². The van der Waals surface area contributed by atoms with Crippen molar-refractivity contribution in [2.24, 2.45) is 0 Å². The first-order valence-electron chi connectivity index (χ1n) is 7.86. The van der Waals surface area contributed by atoms with E-state index in [2.05, 4.69) is 25.8 Å². The van der Waals surface area contributed by atoms with Gasteiger partial charge in [-0.1, -0.05) is 30.3 Å². The topological polar surface area (TPSA) is 62.7 Å². The Morgan fingerprint density at radius 2 is 1.72 bits per heavy atom. The zero-order valence-electron chi connectivity index (χ0n) is 13.4. The van der Waals surface area contributed by atoms with Gasteiger partial charge in [0.15, 0.2) is 5.82 Å². The standard InChI is InChI=1S/C18H17F2N5/c19-15-7-5-13(6-8-15)9-10-21-18-24-17(12-23-25-18)22-11-14-3-1-2-4-16(14)20/h1-8,12H,9-11H2,(H2,21,22,24,25). The molecule has 0 atom stereocenters. The monoisotopic (exact) mass is 341 g/mol. The molecule has 3 aromatic rings. The van der Waals surface area contributed by atoms with Crippen LogP contribution in [0.4, 0.5) is 20.5 Å². The minimum atomic E-state index is -0.269. The van der Waals surface area contributed by atoms with Crippen molar-refractivity contribution in [1.29, 1.82) is 0 Å². The predicted octanol–water partition coefficient (Wildman–Crippen LogP) is 3.42. The fourth-order valence-corrected chi connectivity index (χ4v) is 2.26. The van der Waals surface area contributed by atoms with E-state index in [1.807, 2.05) is 0 Å². The van der Waals surface area contributed by atoms with E-state index in [0.717, 1.165) is 5.56 Å². The summed E-state index contributed by atoms with van der Waals surface area (Å²) in [6.45, 7) is 0.893. The Balaban J connectivity index is 1.52. The van der Waals surface area contributed by atoms with Gasteiger partial charge in [0.1, 0.15) is 11.6 Å². The van der Waals surface area contributed by atoms with Crippen molar-refractivity contribution < 1.29 is 8.78 Å². The summed E-state index contributed by atoms with van der Waals surface area (Å²) in [7, 11) is 0. The summed E-state index contributed by atoms with van der Waals surface area (Å²) in [4.78, 5) is 4.28. The van der Waals surface area contributed by atoms with Crippen molar-refractivity contribution in [3.05, 3.63) is 77.5 Å². The van der Waals surface area contributed by atoms with Gasteiger partial charge in [-0.25, -0.2) is 8.78 Å². The lowest BCUT2D eigenvalue weighted by atomic mass is 10.1. The van der Waals surface area contributed by atoms with E-state index in [-0.39, 0.29) is 11.6 Å². The smallest absolute Gasteiger partial charge is 0.244 e. The molecule has 1 aromatic heterocycles. The first kappa shape index (κ1) is 16.8. The maximum Gasteiger partial charge on any atom is 0.244 e. The molecule has 0 aliphatic heterocycles. The zero-order valence-corrected chi connectivity index (χ0v) is 13.4. The second kappa shape index (κ2) is 8.14. The van der Waals surface area contributed by atoms with Crippen LogP contribution in [-0.2, 0) is 13.0 Å². The quantitative estimate of drug-likeness (QED) is 0.689. The third kappa shape index (κ3) is 4.94. The molecule has 128 valence electrons. The van der Waals surface area contributed by atoms with Crippen LogP contribution in [0.5, 0.6) is 0 Å². The van der Waals surface area contributed by atoms with Crippen molar-refractivity contribution in [3.8, 4) is 0 Å². The van der Waals surface area contributed by atoms with E-state index in [1.165, 1.54) is 24.4 Å². The summed E-state index contributed by atoms with van der Waals surface area (Å²) in [6.07, 6.45) is 2.18. The van der Waals surface area contributed by atoms with Crippen LogP contribution in [0.2, 0.25) is 0 Å². The molecule has 3 rings (SSSR count). The van der Waals surface area contributed by atoms with E-state index in [1.54, 1.807) is 30.3 Å². The molecule has 0 bridgehead atoms. The van der Waals surface area contributed by atoms with Gasteiger partial charge in [0.25, 0.3) is 0 Å². The number of halogens is 2. The largest absolute Gasteiger partial charge is 0.364 e. The highest BCUT2D eigenvalue weighted by molar-refractivity contribution is 5.38. The van der Waals surface area contributed by atoms with E-state index < -0.39 is 0 Å². The molecule has 7 heteroatoms. The van der Waals surface area contributed by atoms with Crippen LogP contribution in [0.15, 0.2) is 54.7 Å². The maximum atomic E-state index is 13.6. The van der Waals surface area contributed by atoms with Crippen LogP contribution in [0.1, 0.15) is 11.1 Å². The van der Waals surface area contributed by atoms with Gasteiger partial charge in [0.2, 0.25) is 5.95 Å². The van der Waals surface area contributed by atoms with Gasteiger partial charge < -0.3 is 10.6 Å². The minimum absolute atomic E-state index is 0.252. The Labute approximate surface area is 144 Å². The Morgan fingerprint density at radius 1 is 0.920 bits per heavy atom. The van der Waals surface area contributed by atoms with Gasteiger partial charge in [-0.15, -0.1) is 5.10 Å². The number of anilines is 2. The Bertz CT molecular complexity index is 824. The first-order chi connectivity index (χ1) is 12.2. The summed E-state index contributed by atoms with van der Waals surface area (Å²) in [6, 6.07) is 12.9. The molecule has 0 aliphatic rings. The lowest BCUT2D eigenvalue weighted by Crippen LogP contribution is -2.11. The molecule has 1 heterocycles. The van der Waals surface area contributed by atoms with Crippen LogP contribution >= 0.6 is 0 Å². The van der Waals surface area contributed by atoms with Crippen LogP contribution in [0, 0.1) is 11.6 Å². The maximum absolute atomic E-state index is 13.6. The fraction of sp³-hybridized carbons (Fsp3) is 0.167. The molecule has 5 nitrogen and oxygen atoms in total. The zero-order chi connectivity index (χ0) is 17.5. The van der Waals surface area contributed by atoms with Crippen molar-refractivity contribution in [2.75, 3.05) is 17.2 Å². The van der Waals surface area contributed by atoms with E-state index in [4.69, 9.17) is 0 Å². The Hall–Kier alpha value is -3.09. The number of rotatable bonds is 7. The van der Waals surface area contributed by atoms with Gasteiger partial charge >= 0.3 is 0 Å². The first-order valence-corrected chi connectivity index (χ1v) is 7.86. The molecule has 0 radical (unpaired) electrons. The molecule has 0 aliphatic carbocycles. The molecular formula is C18H17F2N5. The van der Waals surface area contributed by atoms with Crippen molar-refractivity contribution in [2.45, 2.75) is 13.0 Å². The van der Waals surface area contributed by atoms with E-state index >= 15 is 0 Å². The van der Waals surface area contributed by atoms with Crippen LogP contribution in [0.3, 0.4) is 0 Å². The van der Waals surface area contributed by atoms with Gasteiger partial charge in [0.05, 0.1) is 6.20 Å². The molecule has 0 amide bonds. The molecule has 0 saturated carbocycles. The summed E-state index contributed by atoms with van der Waals surface area (Å²) in [5.74, 6) is 0.357. The summed E-state index contributed by atoms with van der Waals surface area (Å²) < 4.78 is 26.5. The third-order valence-corrected chi connectivity index (χ3v) is 3.59. The molecule has 25 heavy (non-hydrogen) atoms. The molecule has 0 spiro atoms. The van der Waals surface area contributed by atoms with Crippen LogP contribution < -0.4 is 10.6 Å². The minimum Gasteiger partial charge on any atom is -0.364 e. The molecule has 0 saturated heterocycles. The van der Waals surface area contributed by atoms with Gasteiger partial charge in [0, 0.05) is 18.7 Å². The molecular weight excluding hydrogens is 324 g/mol. The average Bonchev–Trinajstić information content (AvgIpc) is 2.63. The average molecular weight is 341 g/mol. The van der Waals surface area contributed by atoms with Crippen LogP contribution in [0.25, 0.3) is 0 Å². The highest BCUT2D eigenvalue weighted by Gasteiger charge is 2.03. The summed E-state index contributed by atoms with van der Waals surface area (Å²) in [5.41, 5.74) is 1.56. The number of hydrogen-bond donors (Lipinski definition) is 2. The number of aromatic nitrogens is 3. The molecule has 2 aromatic carbocycles. The number of benzene rings is 2. The molecule has 2 N–H and O–H groups in total. The predicted molar refractivity (Wildman–Crippen MR) is 92.1 cm³/mol. The van der Waals surface area contributed by atoms with Crippen LogP contribution in [-0.4, -0.2) is 21.7 Å². The Morgan fingerprint density at radius 3 is 2.52 bits per heavy atom. The second-order valence-electron chi connectivity index (χ2n) is 5.41. The normalized spacial score (nSPS) is 10.5. The molecule has 0 fully saturated rings. The van der Waals surface area contributed by atoms with Crippen molar-refractivity contribution in [3.63, 3.8) is 0 Å².